The lowest BCUT2D eigenvalue weighted by atomic mass is 9.88. The van der Waals surface area contributed by atoms with E-state index in [0.717, 1.165) is 5.56 Å². The number of carbonyl (C=O) groups is 1. The monoisotopic (exact) mass is 339 g/mol. The van der Waals surface area contributed by atoms with E-state index in [1.54, 1.807) is 32.9 Å². The van der Waals surface area contributed by atoms with Gasteiger partial charge in [0.15, 0.2) is 5.37 Å². The Labute approximate surface area is 138 Å². The van der Waals surface area contributed by atoms with E-state index < -0.39 is 26.7 Å². The Morgan fingerprint density at radius 3 is 2.17 bits per heavy atom. The van der Waals surface area contributed by atoms with Crippen molar-refractivity contribution in [2.45, 2.75) is 56.9 Å². The molecule has 1 amide bonds. The molecule has 5 nitrogen and oxygen atoms in total. The maximum Gasteiger partial charge on any atom is 0.223 e. The Morgan fingerprint density at radius 2 is 1.74 bits per heavy atom. The van der Waals surface area contributed by atoms with Gasteiger partial charge in [0.2, 0.25) is 15.7 Å². The van der Waals surface area contributed by atoms with Crippen molar-refractivity contribution in [2.75, 3.05) is 6.54 Å². The van der Waals surface area contributed by atoms with Gasteiger partial charge in [0.1, 0.15) is 0 Å². The largest absolute Gasteiger partial charge is 0.389 e. The van der Waals surface area contributed by atoms with Crippen LogP contribution in [0.3, 0.4) is 0 Å². The number of aliphatic hydroxyl groups excluding tert-OH is 1. The number of benzene rings is 1. The van der Waals surface area contributed by atoms with Gasteiger partial charge in [-0.05, 0) is 30.9 Å². The average molecular weight is 339 g/mol. The molecule has 6 heteroatoms. The molecule has 128 valence electrons. The number of hydrogen-bond acceptors (Lipinski definition) is 4. The van der Waals surface area contributed by atoms with Crippen LogP contribution in [0.4, 0.5) is 0 Å². The van der Waals surface area contributed by atoms with Crippen LogP contribution in [0, 0.1) is 12.3 Å². The second kappa shape index (κ2) is 6.24. The summed E-state index contributed by atoms with van der Waals surface area (Å²) < 4.78 is 26.2. The molecular formula is C17H25NO4S. The molecule has 0 spiro atoms. The van der Waals surface area contributed by atoms with E-state index in [-0.39, 0.29) is 10.8 Å². The first-order chi connectivity index (χ1) is 10.5. The zero-order valence-corrected chi connectivity index (χ0v) is 14.9. The van der Waals surface area contributed by atoms with Crippen molar-refractivity contribution in [3.8, 4) is 0 Å². The topological polar surface area (TPSA) is 74.7 Å². The second-order valence-corrected chi connectivity index (χ2v) is 9.29. The van der Waals surface area contributed by atoms with Crippen LogP contribution in [0.2, 0.25) is 0 Å². The lowest BCUT2D eigenvalue weighted by Crippen LogP contribution is -2.53. The fraction of sp³-hybridized carbons (Fsp3) is 0.588. The molecule has 0 aliphatic carbocycles. The van der Waals surface area contributed by atoms with E-state index in [0.29, 0.717) is 19.4 Å². The number of aryl methyl sites for hydroxylation is 1. The van der Waals surface area contributed by atoms with Gasteiger partial charge in [-0.15, -0.1) is 0 Å². The van der Waals surface area contributed by atoms with E-state index in [9.17, 15) is 18.3 Å². The summed E-state index contributed by atoms with van der Waals surface area (Å²) in [5.74, 6) is -0.214. The van der Waals surface area contributed by atoms with Crippen LogP contribution in [0.15, 0.2) is 29.2 Å². The van der Waals surface area contributed by atoms with Gasteiger partial charge in [0, 0.05) is 13.0 Å². The Hall–Kier alpha value is -1.40. The van der Waals surface area contributed by atoms with Gasteiger partial charge in [-0.25, -0.2) is 8.42 Å². The Balaban J connectivity index is 2.52. The Bertz CT molecular complexity index is 674. The summed E-state index contributed by atoms with van der Waals surface area (Å²) >= 11 is 0. The van der Waals surface area contributed by atoms with Crippen LogP contribution in [0.1, 0.15) is 39.2 Å². The Morgan fingerprint density at radius 1 is 1.17 bits per heavy atom. The van der Waals surface area contributed by atoms with Gasteiger partial charge in [0.25, 0.3) is 0 Å². The van der Waals surface area contributed by atoms with Gasteiger partial charge in [0.05, 0.1) is 11.0 Å². The molecule has 1 fully saturated rings. The van der Waals surface area contributed by atoms with Gasteiger partial charge in [-0.1, -0.05) is 38.5 Å². The zero-order chi connectivity index (χ0) is 17.4. The molecule has 0 unspecified atom stereocenters. The molecule has 2 rings (SSSR count). The SMILES string of the molecule is Cc1ccc(S(=O)(=O)[C@@H]([C@@H](O)C(C)(C)C)N2CCCC2=O)cc1. The maximum absolute atomic E-state index is 13.1. The molecule has 23 heavy (non-hydrogen) atoms. The maximum atomic E-state index is 13.1. The van der Waals surface area contributed by atoms with Crippen molar-refractivity contribution >= 4 is 15.7 Å². The van der Waals surface area contributed by atoms with E-state index in [2.05, 4.69) is 0 Å². The van der Waals surface area contributed by atoms with Gasteiger partial charge >= 0.3 is 0 Å². The third kappa shape index (κ3) is 3.58. The quantitative estimate of drug-likeness (QED) is 0.912. The number of amides is 1. The summed E-state index contributed by atoms with van der Waals surface area (Å²) in [7, 11) is -3.86. The molecule has 1 aliphatic rings. The minimum atomic E-state index is -3.86. The summed E-state index contributed by atoms with van der Waals surface area (Å²) in [6.45, 7) is 7.56. The standard InChI is InChI=1S/C17H25NO4S/c1-12-7-9-13(10-8-12)23(21,22)16(15(20)17(2,3)4)18-11-5-6-14(18)19/h7-10,15-16,20H,5-6,11H2,1-4H3/t15-,16+/m1/s1. The number of nitrogens with zero attached hydrogens (tertiary/aromatic N) is 1. The molecule has 1 aromatic carbocycles. The highest BCUT2D eigenvalue weighted by atomic mass is 32.2. The Kier molecular flexibility index (Phi) is 4.87. The van der Waals surface area contributed by atoms with Crippen molar-refractivity contribution in [1.29, 1.82) is 0 Å². The van der Waals surface area contributed by atoms with Crippen molar-refractivity contribution < 1.29 is 18.3 Å². The van der Waals surface area contributed by atoms with Crippen LogP contribution in [0.25, 0.3) is 0 Å². The molecule has 0 saturated carbocycles. The highest BCUT2D eigenvalue weighted by Crippen LogP contribution is 2.33. The number of sulfone groups is 1. The first-order valence-electron chi connectivity index (χ1n) is 7.83. The summed E-state index contributed by atoms with van der Waals surface area (Å²) in [6, 6.07) is 6.51. The molecule has 1 aromatic rings. The van der Waals surface area contributed by atoms with Crippen LogP contribution in [-0.2, 0) is 14.6 Å². The van der Waals surface area contributed by atoms with Crippen molar-refractivity contribution in [1.82, 2.24) is 4.90 Å². The normalized spacial score (nSPS) is 19.0. The summed E-state index contributed by atoms with van der Waals surface area (Å²) in [5, 5.41) is 9.45. The summed E-state index contributed by atoms with van der Waals surface area (Å²) in [4.78, 5) is 13.6. The smallest absolute Gasteiger partial charge is 0.223 e. The number of aliphatic hydroxyl groups is 1. The first-order valence-corrected chi connectivity index (χ1v) is 9.38. The molecule has 1 aliphatic heterocycles. The molecule has 1 N–H and O–H groups in total. The average Bonchev–Trinajstić information content (AvgIpc) is 2.84. The number of likely N-dealkylation sites (tertiary alicyclic amines) is 1. The fourth-order valence-corrected chi connectivity index (χ4v) is 4.84. The number of carbonyl (C=O) groups excluding carboxylic acids is 1. The predicted octanol–water partition coefficient (Wildman–Crippen LogP) is 2.12. The lowest BCUT2D eigenvalue weighted by Gasteiger charge is -2.37. The molecule has 1 saturated heterocycles. The highest BCUT2D eigenvalue weighted by Gasteiger charge is 2.46. The number of hydrogen-bond donors (Lipinski definition) is 1. The fourth-order valence-electron chi connectivity index (χ4n) is 2.74. The van der Waals surface area contributed by atoms with Crippen molar-refractivity contribution in [3.63, 3.8) is 0 Å². The van der Waals surface area contributed by atoms with Gasteiger partial charge < -0.3 is 10.0 Å². The molecule has 0 radical (unpaired) electrons. The number of rotatable bonds is 4. The molecular weight excluding hydrogens is 314 g/mol. The zero-order valence-electron chi connectivity index (χ0n) is 14.1. The van der Waals surface area contributed by atoms with Crippen LogP contribution >= 0.6 is 0 Å². The van der Waals surface area contributed by atoms with E-state index in [4.69, 9.17) is 0 Å². The minimum Gasteiger partial charge on any atom is -0.389 e. The summed E-state index contributed by atoms with van der Waals surface area (Å²) in [6.07, 6.45) is -0.220. The van der Waals surface area contributed by atoms with Crippen molar-refractivity contribution in [3.05, 3.63) is 29.8 Å². The minimum absolute atomic E-state index is 0.135. The van der Waals surface area contributed by atoms with Gasteiger partial charge in [-0.3, -0.25) is 4.79 Å². The first kappa shape index (κ1) is 17.9. The molecule has 0 aromatic heterocycles. The predicted molar refractivity (Wildman–Crippen MR) is 88.6 cm³/mol. The molecule has 0 bridgehead atoms. The molecule has 2 atom stereocenters. The van der Waals surface area contributed by atoms with Crippen LogP contribution in [0.5, 0.6) is 0 Å². The van der Waals surface area contributed by atoms with Crippen LogP contribution < -0.4 is 0 Å². The second-order valence-electron chi connectivity index (χ2n) is 7.25. The van der Waals surface area contributed by atoms with E-state index >= 15 is 0 Å². The molecule has 1 heterocycles. The van der Waals surface area contributed by atoms with E-state index in [1.807, 2.05) is 6.92 Å². The summed E-state index contributed by atoms with van der Waals surface area (Å²) in [5.41, 5.74) is 0.291. The third-order valence-corrected chi connectivity index (χ3v) is 6.32. The lowest BCUT2D eigenvalue weighted by molar-refractivity contribution is -0.131. The van der Waals surface area contributed by atoms with Gasteiger partial charge in [-0.2, -0.15) is 0 Å². The van der Waals surface area contributed by atoms with Crippen LogP contribution in [-0.4, -0.2) is 42.4 Å². The van der Waals surface area contributed by atoms with E-state index in [1.165, 1.54) is 17.0 Å². The van der Waals surface area contributed by atoms with Crippen molar-refractivity contribution in [2.24, 2.45) is 5.41 Å². The highest BCUT2D eigenvalue weighted by molar-refractivity contribution is 7.92. The third-order valence-electron chi connectivity index (χ3n) is 4.24.